The molecule has 0 saturated carbocycles. The number of amides is 1. The fraction of sp³-hybridized carbons (Fsp3) is 0.176. The van der Waals surface area contributed by atoms with Gasteiger partial charge in [-0.25, -0.2) is 17.5 Å². The lowest BCUT2D eigenvalue weighted by Gasteiger charge is -2.21. The van der Waals surface area contributed by atoms with Crippen molar-refractivity contribution in [2.45, 2.75) is 19.9 Å². The van der Waals surface area contributed by atoms with Crippen LogP contribution in [0.3, 0.4) is 0 Å². The number of anilines is 1. The average Bonchev–Trinajstić information content (AvgIpc) is 3.42. The van der Waals surface area contributed by atoms with Crippen LogP contribution in [0, 0.1) is 12.7 Å². The zero-order valence-electron chi connectivity index (χ0n) is 25.7. The molecule has 0 spiro atoms. The highest BCUT2D eigenvalue weighted by Gasteiger charge is 2.26. The van der Waals surface area contributed by atoms with Crippen molar-refractivity contribution in [1.29, 1.82) is 0 Å². The second kappa shape index (κ2) is 11.5. The van der Waals surface area contributed by atoms with Crippen molar-refractivity contribution in [3.05, 3.63) is 112 Å². The number of hydrogen-bond acceptors (Lipinski definition) is 7. The van der Waals surface area contributed by atoms with Crippen molar-refractivity contribution in [1.82, 2.24) is 20.3 Å². The Morgan fingerprint density at radius 3 is 2.30 bits per heavy atom. The number of nitrogens with zero attached hydrogens (tertiary/aromatic N) is 4. The first kappa shape index (κ1) is 30.7. The number of aromatic nitrogens is 3. The number of nitrogens with one attached hydrogen (secondary N) is 1. The Morgan fingerprint density at radius 1 is 0.978 bits per heavy atom. The first-order valence-corrected chi connectivity index (χ1v) is 16.2. The molecule has 4 aromatic carbocycles. The molecule has 2 heterocycles. The van der Waals surface area contributed by atoms with Crippen molar-refractivity contribution in [2.24, 2.45) is 0 Å². The Hall–Kier alpha value is -5.36. The van der Waals surface area contributed by atoms with Crippen LogP contribution in [0.5, 0.6) is 0 Å². The van der Waals surface area contributed by atoms with Gasteiger partial charge in [-0.2, -0.15) is 0 Å². The third kappa shape index (κ3) is 5.40. The van der Waals surface area contributed by atoms with Crippen LogP contribution in [0.15, 0.2) is 88.1 Å². The number of carbonyl (C=O) groups is 1. The molecule has 1 N–H and O–H groups in total. The lowest BCUT2D eigenvalue weighted by Crippen LogP contribution is -2.28. The SMILES string of the molecule is CNC(=O)c1c(-c2ccc(F)cc2)oc2cc(N(C)S(C)(=O)=O)c(-c3ccc4nnn([C@H](C)c5ccc(C)cc5)c(=O)c4c3)cc12. The molecule has 0 aliphatic rings. The highest BCUT2D eigenvalue weighted by molar-refractivity contribution is 7.92. The molecule has 0 bridgehead atoms. The first-order chi connectivity index (χ1) is 21.9. The molecule has 0 aliphatic heterocycles. The molecular formula is C34H30FN5O5S. The molecule has 1 amide bonds. The minimum absolute atomic E-state index is 0.194. The molecule has 2 aromatic heterocycles. The standard InChI is InChI=1S/C34H30FN5O5S/c1-19-6-8-21(9-7-19)20(2)40-34(42)26-16-23(12-15-28(26)37-38-40)25-17-27-30(18-29(25)39(4)46(5,43)44)45-32(31(27)33(41)36-3)22-10-13-24(35)14-11-22/h6-18,20H,1-5H3,(H,36,41)/t20-/m1/s1. The van der Waals surface area contributed by atoms with Gasteiger partial charge >= 0.3 is 0 Å². The molecule has 10 nitrogen and oxygen atoms in total. The Morgan fingerprint density at radius 2 is 1.65 bits per heavy atom. The van der Waals surface area contributed by atoms with Crippen LogP contribution < -0.4 is 15.2 Å². The maximum absolute atomic E-state index is 13.8. The number of fused-ring (bicyclic) bond motifs is 2. The minimum Gasteiger partial charge on any atom is -0.455 e. The smallest absolute Gasteiger partial charge is 0.278 e. The van der Waals surface area contributed by atoms with E-state index in [0.717, 1.165) is 21.7 Å². The fourth-order valence-corrected chi connectivity index (χ4v) is 5.93. The summed E-state index contributed by atoms with van der Waals surface area (Å²) < 4.78 is 47.9. The lowest BCUT2D eigenvalue weighted by atomic mass is 9.97. The Balaban J connectivity index is 1.60. The highest BCUT2D eigenvalue weighted by atomic mass is 32.2. The molecule has 1 atom stereocenters. The molecule has 0 saturated heterocycles. The van der Waals surface area contributed by atoms with E-state index in [9.17, 15) is 22.4 Å². The van der Waals surface area contributed by atoms with E-state index in [-0.39, 0.29) is 33.5 Å². The Labute approximate surface area is 264 Å². The number of sulfonamides is 1. The van der Waals surface area contributed by atoms with Gasteiger partial charge in [0.1, 0.15) is 22.7 Å². The molecule has 0 radical (unpaired) electrons. The van der Waals surface area contributed by atoms with Crippen LogP contribution in [0.25, 0.3) is 44.3 Å². The van der Waals surface area contributed by atoms with E-state index in [1.165, 1.54) is 49.1 Å². The van der Waals surface area contributed by atoms with E-state index in [2.05, 4.69) is 15.6 Å². The Kier molecular flexibility index (Phi) is 7.69. The summed E-state index contributed by atoms with van der Waals surface area (Å²) >= 11 is 0. The number of benzene rings is 4. The quantitative estimate of drug-likeness (QED) is 0.238. The molecule has 46 heavy (non-hydrogen) atoms. The fourth-order valence-electron chi connectivity index (χ4n) is 5.42. The summed E-state index contributed by atoms with van der Waals surface area (Å²) in [7, 11) is -0.866. The van der Waals surface area contributed by atoms with Crippen LogP contribution in [-0.2, 0) is 10.0 Å². The molecule has 0 fully saturated rings. The van der Waals surface area contributed by atoms with Gasteiger partial charge in [-0.15, -0.1) is 5.10 Å². The zero-order chi connectivity index (χ0) is 32.9. The van der Waals surface area contributed by atoms with Gasteiger partial charge in [-0.1, -0.05) is 41.1 Å². The summed E-state index contributed by atoms with van der Waals surface area (Å²) in [6, 6.07) is 21.1. The van der Waals surface area contributed by atoms with Gasteiger partial charge in [0, 0.05) is 36.7 Å². The van der Waals surface area contributed by atoms with Crippen molar-refractivity contribution in [3.8, 4) is 22.5 Å². The van der Waals surface area contributed by atoms with E-state index in [1.54, 1.807) is 24.3 Å². The van der Waals surface area contributed by atoms with Gasteiger partial charge in [0.2, 0.25) is 10.0 Å². The van der Waals surface area contributed by atoms with Crippen molar-refractivity contribution < 1.29 is 22.0 Å². The Bertz CT molecular complexity index is 2310. The maximum atomic E-state index is 13.8. The molecule has 12 heteroatoms. The van der Waals surface area contributed by atoms with Gasteiger partial charge in [0.15, 0.2) is 0 Å². The van der Waals surface area contributed by atoms with Crippen LogP contribution in [0.4, 0.5) is 10.1 Å². The first-order valence-electron chi connectivity index (χ1n) is 14.4. The summed E-state index contributed by atoms with van der Waals surface area (Å²) in [5.41, 5.74) is 4.06. The number of rotatable bonds is 7. The number of furan rings is 1. The predicted octanol–water partition coefficient (Wildman–Crippen LogP) is 5.68. The number of hydrogen-bond donors (Lipinski definition) is 1. The average molecular weight is 640 g/mol. The van der Waals surface area contributed by atoms with Crippen LogP contribution >= 0.6 is 0 Å². The second-order valence-electron chi connectivity index (χ2n) is 11.1. The van der Waals surface area contributed by atoms with Crippen molar-refractivity contribution >= 4 is 43.5 Å². The molecule has 6 aromatic rings. The molecule has 0 aliphatic carbocycles. The van der Waals surface area contributed by atoms with Gasteiger partial charge in [-0.05, 0) is 67.4 Å². The largest absolute Gasteiger partial charge is 0.455 e. The van der Waals surface area contributed by atoms with Crippen LogP contribution in [0.2, 0.25) is 0 Å². The summed E-state index contributed by atoms with van der Waals surface area (Å²) in [4.78, 5) is 27.0. The van der Waals surface area contributed by atoms with E-state index in [1.807, 2.05) is 38.1 Å². The summed E-state index contributed by atoms with van der Waals surface area (Å²) in [5.74, 6) is -0.703. The summed E-state index contributed by atoms with van der Waals surface area (Å²) in [6.07, 6.45) is 1.07. The van der Waals surface area contributed by atoms with E-state index in [0.29, 0.717) is 27.6 Å². The molecular weight excluding hydrogens is 609 g/mol. The van der Waals surface area contributed by atoms with Gasteiger partial charge in [-0.3, -0.25) is 13.9 Å². The second-order valence-corrected chi connectivity index (χ2v) is 13.2. The van der Waals surface area contributed by atoms with Crippen LogP contribution in [0.1, 0.15) is 34.5 Å². The number of carbonyl (C=O) groups excluding carboxylic acids is 1. The van der Waals surface area contributed by atoms with Gasteiger partial charge in [0.25, 0.3) is 11.5 Å². The normalized spacial score (nSPS) is 12.4. The lowest BCUT2D eigenvalue weighted by molar-refractivity contribution is 0.0964. The number of halogens is 1. The molecule has 6 rings (SSSR count). The van der Waals surface area contributed by atoms with Gasteiger partial charge < -0.3 is 9.73 Å². The maximum Gasteiger partial charge on any atom is 0.278 e. The molecule has 0 unspecified atom stereocenters. The van der Waals surface area contributed by atoms with Crippen LogP contribution in [-0.4, -0.2) is 49.7 Å². The third-order valence-electron chi connectivity index (χ3n) is 8.13. The highest BCUT2D eigenvalue weighted by Crippen LogP contribution is 2.41. The van der Waals surface area contributed by atoms with Crippen molar-refractivity contribution in [3.63, 3.8) is 0 Å². The zero-order valence-corrected chi connectivity index (χ0v) is 26.5. The van der Waals surface area contributed by atoms with Gasteiger partial charge in [0.05, 0.1) is 28.9 Å². The van der Waals surface area contributed by atoms with E-state index < -0.39 is 27.8 Å². The minimum atomic E-state index is -3.76. The van der Waals surface area contributed by atoms with E-state index in [4.69, 9.17) is 4.42 Å². The number of aryl methyl sites for hydroxylation is 1. The summed E-state index contributed by atoms with van der Waals surface area (Å²) in [5, 5.41) is 11.8. The van der Waals surface area contributed by atoms with E-state index >= 15 is 0 Å². The molecule has 234 valence electrons. The van der Waals surface area contributed by atoms with Crippen molar-refractivity contribution in [2.75, 3.05) is 24.7 Å². The summed E-state index contributed by atoms with van der Waals surface area (Å²) in [6.45, 7) is 3.84. The third-order valence-corrected chi connectivity index (χ3v) is 9.32. The predicted molar refractivity (Wildman–Crippen MR) is 176 cm³/mol. The topological polar surface area (TPSA) is 127 Å². The monoisotopic (exact) mass is 639 g/mol.